The number of hydrogen-bond donors (Lipinski definition) is 0. The molecule has 0 radical (unpaired) electrons. The molecule has 1 saturated carbocycles. The van der Waals surface area contributed by atoms with Crippen molar-refractivity contribution in [3.63, 3.8) is 0 Å². The molecule has 6 rings (SSSR count). The molecule has 0 amide bonds. The number of cyclic esters (lactones) is 1. The highest BCUT2D eigenvalue weighted by Crippen LogP contribution is 2.75. The number of ketones is 1. The standard InChI is InChI=1S/C32H42O6/c1-16(11-19-12-17(2)28(35)37-19)26-21(36-18(3)33)14-30(6)20-9-10-23-29(4,5)24(34)13-25-32(23,8)27(20)22(38-25)15-31(26,30)7/h12-13,16,19,21-23,26H,9-11,14-15H2,1-8H3/t16-,19-,21+,22-,23+,26+,30+,31-,32-/m1/s1. The predicted molar refractivity (Wildman–Crippen MR) is 142 cm³/mol. The van der Waals surface area contributed by atoms with Crippen molar-refractivity contribution in [2.24, 2.45) is 39.4 Å². The average Bonchev–Trinajstić information content (AvgIpc) is 3.34. The summed E-state index contributed by atoms with van der Waals surface area (Å²) in [5, 5.41) is 0. The summed E-state index contributed by atoms with van der Waals surface area (Å²) in [6.07, 6.45) is 7.39. The lowest BCUT2D eigenvalue weighted by molar-refractivity contribution is -0.150. The van der Waals surface area contributed by atoms with Crippen LogP contribution in [-0.2, 0) is 28.6 Å². The van der Waals surface area contributed by atoms with E-state index >= 15 is 0 Å². The molecule has 38 heavy (non-hydrogen) atoms. The van der Waals surface area contributed by atoms with Gasteiger partial charge in [-0.25, -0.2) is 4.79 Å². The highest BCUT2D eigenvalue weighted by molar-refractivity contribution is 5.97. The normalized spacial score (nSPS) is 45.0. The number of esters is 2. The van der Waals surface area contributed by atoms with Gasteiger partial charge in [0, 0.05) is 29.9 Å². The lowest BCUT2D eigenvalue weighted by Crippen LogP contribution is -2.53. The van der Waals surface area contributed by atoms with Gasteiger partial charge in [0.05, 0.1) is 5.41 Å². The van der Waals surface area contributed by atoms with Gasteiger partial charge in [0.15, 0.2) is 5.78 Å². The first-order valence-electron chi connectivity index (χ1n) is 14.4. The molecular weight excluding hydrogens is 480 g/mol. The molecule has 4 aliphatic carbocycles. The van der Waals surface area contributed by atoms with E-state index in [2.05, 4.69) is 41.5 Å². The third-order valence-electron chi connectivity index (χ3n) is 12.0. The first-order chi connectivity index (χ1) is 17.6. The second-order valence-electron chi connectivity index (χ2n) is 14.2. The molecule has 0 aromatic carbocycles. The van der Waals surface area contributed by atoms with Gasteiger partial charge in [-0.3, -0.25) is 9.59 Å². The Balaban J connectivity index is 1.44. The van der Waals surface area contributed by atoms with E-state index in [4.69, 9.17) is 14.2 Å². The summed E-state index contributed by atoms with van der Waals surface area (Å²) in [5.41, 5.74) is 2.50. The van der Waals surface area contributed by atoms with Gasteiger partial charge < -0.3 is 14.2 Å². The minimum absolute atomic E-state index is 0.0685. The number of carbonyl (C=O) groups excluding carboxylic acids is 3. The number of rotatable bonds is 4. The first-order valence-corrected chi connectivity index (χ1v) is 14.4. The molecule has 0 spiro atoms. The van der Waals surface area contributed by atoms with Crippen LogP contribution >= 0.6 is 0 Å². The van der Waals surface area contributed by atoms with Crippen LogP contribution in [0.4, 0.5) is 0 Å². The minimum atomic E-state index is -0.423. The van der Waals surface area contributed by atoms with Crippen LogP contribution in [0.1, 0.15) is 87.5 Å². The van der Waals surface area contributed by atoms with Crippen LogP contribution in [0.2, 0.25) is 0 Å². The molecule has 6 aliphatic rings. The summed E-state index contributed by atoms with van der Waals surface area (Å²) in [5.74, 6) is 0.995. The second kappa shape index (κ2) is 7.85. The maximum Gasteiger partial charge on any atom is 0.334 e. The van der Waals surface area contributed by atoms with Crippen LogP contribution in [-0.4, -0.2) is 36.0 Å². The Hall–Kier alpha value is -2.37. The van der Waals surface area contributed by atoms with E-state index in [1.807, 2.05) is 6.08 Å². The Morgan fingerprint density at radius 1 is 1.13 bits per heavy atom. The summed E-state index contributed by atoms with van der Waals surface area (Å²) >= 11 is 0. The number of allylic oxidation sites excluding steroid dienone is 3. The van der Waals surface area contributed by atoms with Crippen LogP contribution in [0.15, 0.2) is 34.6 Å². The fourth-order valence-electron chi connectivity index (χ4n) is 10.2. The van der Waals surface area contributed by atoms with Gasteiger partial charge in [-0.15, -0.1) is 0 Å². The van der Waals surface area contributed by atoms with E-state index in [1.54, 1.807) is 13.0 Å². The van der Waals surface area contributed by atoms with E-state index in [9.17, 15) is 14.4 Å². The van der Waals surface area contributed by atoms with Gasteiger partial charge >= 0.3 is 11.9 Å². The third kappa shape index (κ3) is 3.09. The van der Waals surface area contributed by atoms with Crippen LogP contribution < -0.4 is 0 Å². The fourth-order valence-corrected chi connectivity index (χ4v) is 10.2. The molecule has 0 aromatic heterocycles. The second-order valence-corrected chi connectivity index (χ2v) is 14.2. The van der Waals surface area contributed by atoms with Crippen molar-refractivity contribution in [1.82, 2.24) is 0 Å². The molecule has 2 heterocycles. The molecule has 2 aliphatic heterocycles. The molecule has 0 N–H and O–H groups in total. The molecule has 0 bridgehead atoms. The molecule has 0 unspecified atom stereocenters. The Bertz CT molecular complexity index is 1240. The van der Waals surface area contributed by atoms with E-state index < -0.39 is 5.41 Å². The average molecular weight is 523 g/mol. The van der Waals surface area contributed by atoms with Crippen LogP contribution in [0.3, 0.4) is 0 Å². The fraction of sp³-hybridized carbons (Fsp3) is 0.719. The third-order valence-corrected chi connectivity index (χ3v) is 12.0. The smallest absolute Gasteiger partial charge is 0.334 e. The zero-order chi connectivity index (χ0) is 27.6. The number of carbonyl (C=O) groups is 3. The molecular formula is C32H42O6. The van der Waals surface area contributed by atoms with E-state index in [0.29, 0.717) is 12.0 Å². The van der Waals surface area contributed by atoms with Gasteiger partial charge in [0.25, 0.3) is 0 Å². The van der Waals surface area contributed by atoms with E-state index in [-0.39, 0.29) is 70.0 Å². The molecule has 1 saturated heterocycles. The lowest BCUT2D eigenvalue weighted by Gasteiger charge is -2.57. The van der Waals surface area contributed by atoms with E-state index in [0.717, 1.165) is 31.4 Å². The largest absolute Gasteiger partial charge is 0.489 e. The summed E-state index contributed by atoms with van der Waals surface area (Å²) in [4.78, 5) is 37.5. The molecule has 206 valence electrons. The summed E-state index contributed by atoms with van der Waals surface area (Å²) < 4.78 is 18.5. The zero-order valence-electron chi connectivity index (χ0n) is 24.1. The Kier molecular flexibility index (Phi) is 5.35. The van der Waals surface area contributed by atoms with Crippen LogP contribution in [0.5, 0.6) is 0 Å². The highest BCUT2D eigenvalue weighted by Gasteiger charge is 2.71. The number of fused-ring (bicyclic) bond motifs is 2. The predicted octanol–water partition coefficient (Wildman–Crippen LogP) is 5.86. The molecule has 6 heteroatoms. The Labute approximate surface area is 226 Å². The molecule has 6 nitrogen and oxygen atoms in total. The molecule has 2 fully saturated rings. The van der Waals surface area contributed by atoms with Crippen molar-refractivity contribution >= 4 is 17.7 Å². The Morgan fingerprint density at radius 3 is 2.47 bits per heavy atom. The van der Waals surface area contributed by atoms with Gasteiger partial charge in [-0.2, -0.15) is 0 Å². The lowest BCUT2D eigenvalue weighted by atomic mass is 9.44. The van der Waals surface area contributed by atoms with Crippen molar-refractivity contribution in [2.75, 3.05) is 0 Å². The van der Waals surface area contributed by atoms with Crippen molar-refractivity contribution in [2.45, 2.75) is 106 Å². The SMILES string of the molecule is CC(=O)O[C@H]1C[C@@]2(C)C3=C4[C@@H](C[C@]2(C)[C@H]1[C@H](C)C[C@@H]1C=C(C)C(=O)O1)OC1=CC(=O)C(C)(C)[C@H](CC3)[C@]14C. The van der Waals surface area contributed by atoms with Crippen LogP contribution in [0, 0.1) is 39.4 Å². The van der Waals surface area contributed by atoms with Crippen LogP contribution in [0.25, 0.3) is 0 Å². The summed E-state index contributed by atoms with van der Waals surface area (Å²) in [6, 6.07) is 0. The molecule has 9 atom stereocenters. The van der Waals surface area contributed by atoms with Gasteiger partial charge in [-0.05, 0) is 80.3 Å². The number of ether oxygens (including phenoxy) is 3. The highest BCUT2D eigenvalue weighted by atomic mass is 16.6. The minimum Gasteiger partial charge on any atom is -0.489 e. The monoisotopic (exact) mass is 522 g/mol. The molecule has 0 aromatic rings. The first kappa shape index (κ1) is 25.9. The van der Waals surface area contributed by atoms with Gasteiger partial charge in [-0.1, -0.05) is 40.2 Å². The van der Waals surface area contributed by atoms with Gasteiger partial charge in [0.2, 0.25) is 0 Å². The van der Waals surface area contributed by atoms with Gasteiger partial charge in [0.1, 0.15) is 24.1 Å². The van der Waals surface area contributed by atoms with Crippen molar-refractivity contribution in [3.05, 3.63) is 34.6 Å². The van der Waals surface area contributed by atoms with Crippen molar-refractivity contribution in [1.29, 1.82) is 0 Å². The summed E-state index contributed by atoms with van der Waals surface area (Å²) in [6.45, 7) is 16.8. The summed E-state index contributed by atoms with van der Waals surface area (Å²) in [7, 11) is 0. The maximum absolute atomic E-state index is 13.2. The number of hydrogen-bond acceptors (Lipinski definition) is 6. The Morgan fingerprint density at radius 2 is 1.84 bits per heavy atom. The van der Waals surface area contributed by atoms with Crippen molar-refractivity contribution in [3.8, 4) is 0 Å². The topological polar surface area (TPSA) is 78.9 Å². The van der Waals surface area contributed by atoms with E-state index in [1.165, 1.54) is 18.1 Å². The quantitative estimate of drug-likeness (QED) is 0.340. The zero-order valence-corrected chi connectivity index (χ0v) is 24.1. The maximum atomic E-state index is 13.2. The van der Waals surface area contributed by atoms with Crippen molar-refractivity contribution < 1.29 is 28.6 Å².